The molecule has 0 atom stereocenters. The molecule has 0 spiro atoms. The van der Waals surface area contributed by atoms with E-state index < -0.39 is 0 Å². The highest BCUT2D eigenvalue weighted by molar-refractivity contribution is 6.34. The molecule has 0 unspecified atom stereocenters. The number of nitrogens with one attached hydrogen (secondary N) is 1. The van der Waals surface area contributed by atoms with Crippen molar-refractivity contribution in [3.8, 4) is 22.6 Å². The lowest BCUT2D eigenvalue weighted by Crippen LogP contribution is -2.18. The lowest BCUT2D eigenvalue weighted by Gasteiger charge is -2.10. The van der Waals surface area contributed by atoms with E-state index in [2.05, 4.69) is 5.32 Å². The molecule has 2 aromatic rings. The first-order chi connectivity index (χ1) is 10.1. The minimum absolute atomic E-state index is 0.225. The van der Waals surface area contributed by atoms with Crippen molar-refractivity contribution < 1.29 is 14.3 Å². The smallest absolute Gasteiger partial charge is 0.252 e. The van der Waals surface area contributed by atoms with Crippen LogP contribution in [0.3, 0.4) is 0 Å². The Morgan fingerprint density at radius 2 is 1.62 bits per heavy atom. The molecular weight excluding hydrogens is 290 g/mol. The third-order valence-electron chi connectivity index (χ3n) is 3.12. The normalized spacial score (nSPS) is 10.1. The van der Waals surface area contributed by atoms with E-state index >= 15 is 0 Å². The molecular formula is C16H16ClNO3. The predicted octanol–water partition coefficient (Wildman–Crippen LogP) is 3.38. The van der Waals surface area contributed by atoms with Crippen LogP contribution in [0.15, 0.2) is 36.4 Å². The van der Waals surface area contributed by atoms with Gasteiger partial charge < -0.3 is 14.8 Å². The van der Waals surface area contributed by atoms with Gasteiger partial charge in [-0.05, 0) is 35.4 Å². The summed E-state index contributed by atoms with van der Waals surface area (Å²) >= 11 is 6.06. The van der Waals surface area contributed by atoms with E-state index in [-0.39, 0.29) is 5.91 Å². The number of rotatable bonds is 4. The molecule has 0 radical (unpaired) electrons. The summed E-state index contributed by atoms with van der Waals surface area (Å²) < 4.78 is 10.5. The van der Waals surface area contributed by atoms with E-state index in [0.717, 1.165) is 11.1 Å². The molecule has 5 heteroatoms. The summed E-state index contributed by atoms with van der Waals surface area (Å²) in [5.74, 6) is 1.14. The van der Waals surface area contributed by atoms with E-state index in [9.17, 15) is 4.79 Å². The fraction of sp³-hybridized carbons (Fsp3) is 0.188. The third-order valence-corrected chi connectivity index (χ3v) is 3.45. The summed E-state index contributed by atoms with van der Waals surface area (Å²) in [5.41, 5.74) is 2.17. The standard InChI is InChI=1S/C16H16ClNO3/c1-18-16(19)14-8-10(4-5-15(14)17)11-6-12(20-2)9-13(7-11)21-3/h4-9H,1-3H3,(H,18,19). The second kappa shape index (κ2) is 6.50. The molecule has 4 nitrogen and oxygen atoms in total. The van der Waals surface area contributed by atoms with Crippen molar-refractivity contribution in [1.82, 2.24) is 5.32 Å². The van der Waals surface area contributed by atoms with Crippen LogP contribution in [0.2, 0.25) is 5.02 Å². The van der Waals surface area contributed by atoms with Gasteiger partial charge in [0.05, 0.1) is 24.8 Å². The van der Waals surface area contributed by atoms with Crippen molar-refractivity contribution in [2.75, 3.05) is 21.3 Å². The van der Waals surface area contributed by atoms with Gasteiger partial charge >= 0.3 is 0 Å². The number of methoxy groups -OCH3 is 2. The molecule has 1 amide bonds. The van der Waals surface area contributed by atoms with Gasteiger partial charge in [0.15, 0.2) is 0 Å². The molecule has 0 bridgehead atoms. The first-order valence-electron chi connectivity index (χ1n) is 6.34. The summed E-state index contributed by atoms with van der Waals surface area (Å²) in [7, 11) is 4.76. The maximum absolute atomic E-state index is 11.8. The van der Waals surface area contributed by atoms with Crippen LogP contribution < -0.4 is 14.8 Å². The van der Waals surface area contributed by atoms with E-state index in [1.165, 1.54) is 0 Å². The summed E-state index contributed by atoms with van der Waals surface area (Å²) in [6, 6.07) is 10.8. The van der Waals surface area contributed by atoms with Crippen molar-refractivity contribution in [3.63, 3.8) is 0 Å². The van der Waals surface area contributed by atoms with Crippen molar-refractivity contribution in [2.24, 2.45) is 0 Å². The first-order valence-corrected chi connectivity index (χ1v) is 6.72. The van der Waals surface area contributed by atoms with Crippen LogP contribution in [0.5, 0.6) is 11.5 Å². The van der Waals surface area contributed by atoms with Gasteiger partial charge in [0.2, 0.25) is 0 Å². The molecule has 0 heterocycles. The average Bonchev–Trinajstić information content (AvgIpc) is 2.53. The molecule has 2 aromatic carbocycles. The monoisotopic (exact) mass is 305 g/mol. The average molecular weight is 306 g/mol. The number of ether oxygens (including phenoxy) is 2. The summed E-state index contributed by atoms with van der Waals surface area (Å²) in [5, 5.41) is 2.98. The fourth-order valence-electron chi connectivity index (χ4n) is 1.99. The van der Waals surface area contributed by atoms with Crippen molar-refractivity contribution in [2.45, 2.75) is 0 Å². The van der Waals surface area contributed by atoms with Crippen molar-refractivity contribution >= 4 is 17.5 Å². The Balaban J connectivity index is 2.53. The predicted molar refractivity (Wildman–Crippen MR) is 83.4 cm³/mol. The van der Waals surface area contributed by atoms with Crippen LogP contribution >= 0.6 is 11.6 Å². The molecule has 21 heavy (non-hydrogen) atoms. The molecule has 0 aliphatic carbocycles. The Bertz CT molecular complexity index is 648. The molecule has 0 aliphatic heterocycles. The minimum Gasteiger partial charge on any atom is -0.497 e. The number of hydrogen-bond donors (Lipinski definition) is 1. The van der Waals surface area contributed by atoms with Gasteiger partial charge in [-0.15, -0.1) is 0 Å². The van der Waals surface area contributed by atoms with Crippen molar-refractivity contribution in [1.29, 1.82) is 0 Å². The second-order valence-corrected chi connectivity index (χ2v) is 4.78. The zero-order chi connectivity index (χ0) is 15.4. The lowest BCUT2D eigenvalue weighted by atomic mass is 10.0. The van der Waals surface area contributed by atoms with E-state index in [1.807, 2.05) is 18.2 Å². The topological polar surface area (TPSA) is 47.6 Å². The number of carbonyl (C=O) groups is 1. The van der Waals surface area contributed by atoms with Gasteiger partial charge in [0, 0.05) is 13.1 Å². The summed E-state index contributed by atoms with van der Waals surface area (Å²) in [6.45, 7) is 0. The van der Waals surface area contributed by atoms with Gasteiger partial charge in [0.1, 0.15) is 11.5 Å². The largest absolute Gasteiger partial charge is 0.497 e. The quantitative estimate of drug-likeness (QED) is 0.942. The molecule has 0 aromatic heterocycles. The van der Waals surface area contributed by atoms with E-state index in [0.29, 0.717) is 22.1 Å². The van der Waals surface area contributed by atoms with Crippen molar-refractivity contribution in [3.05, 3.63) is 47.0 Å². The van der Waals surface area contributed by atoms with Gasteiger partial charge in [-0.25, -0.2) is 0 Å². The van der Waals surface area contributed by atoms with Gasteiger partial charge in [-0.2, -0.15) is 0 Å². The zero-order valence-corrected chi connectivity index (χ0v) is 12.8. The Hall–Kier alpha value is -2.20. The Kier molecular flexibility index (Phi) is 4.70. The molecule has 0 saturated carbocycles. The van der Waals surface area contributed by atoms with Crippen LogP contribution in [-0.2, 0) is 0 Å². The Morgan fingerprint density at radius 3 is 2.14 bits per heavy atom. The highest BCUT2D eigenvalue weighted by Gasteiger charge is 2.11. The first kappa shape index (κ1) is 15.2. The maximum atomic E-state index is 11.8. The minimum atomic E-state index is -0.225. The molecule has 110 valence electrons. The highest BCUT2D eigenvalue weighted by Crippen LogP contribution is 2.31. The molecule has 0 aliphatic rings. The van der Waals surface area contributed by atoms with Crippen LogP contribution in [0.4, 0.5) is 0 Å². The van der Waals surface area contributed by atoms with Gasteiger partial charge in [0.25, 0.3) is 5.91 Å². The van der Waals surface area contributed by atoms with E-state index in [1.54, 1.807) is 39.5 Å². The summed E-state index contributed by atoms with van der Waals surface area (Å²) in [6.07, 6.45) is 0. The summed E-state index contributed by atoms with van der Waals surface area (Å²) in [4.78, 5) is 11.8. The number of hydrogen-bond acceptors (Lipinski definition) is 3. The number of amides is 1. The van der Waals surface area contributed by atoms with Crippen LogP contribution in [0.25, 0.3) is 11.1 Å². The zero-order valence-electron chi connectivity index (χ0n) is 12.1. The van der Waals surface area contributed by atoms with Gasteiger partial charge in [-0.1, -0.05) is 17.7 Å². The third kappa shape index (κ3) is 3.28. The van der Waals surface area contributed by atoms with Gasteiger partial charge in [-0.3, -0.25) is 4.79 Å². The fourth-order valence-corrected chi connectivity index (χ4v) is 2.19. The van der Waals surface area contributed by atoms with E-state index in [4.69, 9.17) is 21.1 Å². The lowest BCUT2D eigenvalue weighted by molar-refractivity contribution is 0.0963. The number of carbonyl (C=O) groups excluding carboxylic acids is 1. The second-order valence-electron chi connectivity index (χ2n) is 4.38. The number of benzene rings is 2. The Morgan fingerprint density at radius 1 is 1.00 bits per heavy atom. The van der Waals surface area contributed by atoms with Crippen LogP contribution in [-0.4, -0.2) is 27.2 Å². The molecule has 0 fully saturated rings. The molecule has 2 rings (SSSR count). The van der Waals surface area contributed by atoms with Crippen LogP contribution in [0.1, 0.15) is 10.4 Å². The SMILES string of the molecule is CNC(=O)c1cc(-c2cc(OC)cc(OC)c2)ccc1Cl. The number of halogens is 1. The van der Waals surface area contributed by atoms with Crippen LogP contribution in [0, 0.1) is 0 Å². The molecule has 0 saturated heterocycles. The maximum Gasteiger partial charge on any atom is 0.252 e. The highest BCUT2D eigenvalue weighted by atomic mass is 35.5. The Labute approximate surface area is 128 Å². The molecule has 1 N–H and O–H groups in total.